The van der Waals surface area contributed by atoms with E-state index in [0.717, 1.165) is 38.9 Å². The topological polar surface area (TPSA) is 20.3 Å². The van der Waals surface area contributed by atoms with Crippen LogP contribution in [0.3, 0.4) is 0 Å². The van der Waals surface area contributed by atoms with E-state index >= 15 is 0 Å². The molecule has 1 aliphatic heterocycles. The van der Waals surface area contributed by atoms with Crippen molar-refractivity contribution in [3.05, 3.63) is 71.5 Å². The number of piperidine rings is 1. The molecule has 2 nitrogen and oxygen atoms in total. The smallest absolute Gasteiger partial charge is 0.166 e. The third kappa shape index (κ3) is 4.55. The Balaban J connectivity index is 1.54. The van der Waals surface area contributed by atoms with Gasteiger partial charge in [0.15, 0.2) is 5.78 Å². The number of hydrogen-bond donors (Lipinski definition) is 0. The molecule has 0 amide bonds. The summed E-state index contributed by atoms with van der Waals surface area (Å²) in [5, 5.41) is 0. The molecule has 2 aromatic rings. The number of halogens is 1. The van der Waals surface area contributed by atoms with E-state index in [9.17, 15) is 9.18 Å². The molecule has 0 aromatic heterocycles. The van der Waals surface area contributed by atoms with Gasteiger partial charge in [-0.3, -0.25) is 4.79 Å². The van der Waals surface area contributed by atoms with Gasteiger partial charge in [0.2, 0.25) is 0 Å². The molecule has 0 N–H and O–H groups in total. The first-order valence-electron chi connectivity index (χ1n) is 9.24. The molecular formula is C22H26FNO. The molecule has 1 unspecified atom stereocenters. The van der Waals surface area contributed by atoms with Gasteiger partial charge in [-0.2, -0.15) is 0 Å². The van der Waals surface area contributed by atoms with Crippen molar-refractivity contribution in [2.24, 2.45) is 5.92 Å². The first kappa shape index (κ1) is 17.8. The van der Waals surface area contributed by atoms with Crippen LogP contribution in [0.25, 0.3) is 0 Å². The molecule has 0 spiro atoms. The van der Waals surface area contributed by atoms with E-state index < -0.39 is 0 Å². The Labute approximate surface area is 149 Å². The van der Waals surface area contributed by atoms with Crippen LogP contribution in [0.2, 0.25) is 0 Å². The van der Waals surface area contributed by atoms with E-state index in [4.69, 9.17) is 0 Å². The summed E-state index contributed by atoms with van der Waals surface area (Å²) < 4.78 is 13.0. The van der Waals surface area contributed by atoms with E-state index in [0.29, 0.717) is 11.5 Å². The van der Waals surface area contributed by atoms with E-state index in [1.807, 2.05) is 0 Å². The van der Waals surface area contributed by atoms with Crippen LogP contribution in [0.15, 0.2) is 54.6 Å². The van der Waals surface area contributed by atoms with Crippen molar-refractivity contribution in [2.45, 2.75) is 32.1 Å². The maximum Gasteiger partial charge on any atom is 0.166 e. The van der Waals surface area contributed by atoms with Crippen molar-refractivity contribution in [3.63, 3.8) is 0 Å². The van der Waals surface area contributed by atoms with Gasteiger partial charge in [0.1, 0.15) is 5.82 Å². The van der Waals surface area contributed by atoms with Crippen molar-refractivity contribution in [1.82, 2.24) is 4.90 Å². The van der Waals surface area contributed by atoms with Crippen LogP contribution in [0.5, 0.6) is 0 Å². The Morgan fingerprint density at radius 3 is 2.32 bits per heavy atom. The summed E-state index contributed by atoms with van der Waals surface area (Å²) in [5.41, 5.74) is 2.03. The van der Waals surface area contributed by atoms with E-state index in [1.165, 1.54) is 17.7 Å². The van der Waals surface area contributed by atoms with Crippen molar-refractivity contribution in [2.75, 3.05) is 19.6 Å². The average molecular weight is 339 g/mol. The average Bonchev–Trinajstić information content (AvgIpc) is 2.67. The van der Waals surface area contributed by atoms with Crippen molar-refractivity contribution < 1.29 is 9.18 Å². The van der Waals surface area contributed by atoms with E-state index in [2.05, 4.69) is 42.2 Å². The number of ketones is 1. The quantitative estimate of drug-likeness (QED) is 0.697. The zero-order chi connectivity index (χ0) is 17.6. The first-order chi connectivity index (χ1) is 12.2. The van der Waals surface area contributed by atoms with Crippen LogP contribution >= 0.6 is 0 Å². The molecular weight excluding hydrogens is 313 g/mol. The molecule has 0 saturated carbocycles. The lowest BCUT2D eigenvalue weighted by Gasteiger charge is -2.33. The predicted octanol–water partition coefficient (Wildman–Crippen LogP) is 4.91. The number of carbonyl (C=O) groups is 1. The lowest BCUT2D eigenvalue weighted by Crippen LogP contribution is -2.38. The second kappa shape index (κ2) is 8.39. The number of Topliss-reactive ketones (excluding diaryl/α,β-unsaturated/α-hetero) is 1. The minimum Gasteiger partial charge on any atom is -0.303 e. The normalized spacial score (nSPS) is 17.4. The summed E-state index contributed by atoms with van der Waals surface area (Å²) in [7, 11) is 0. The molecule has 1 aliphatic rings. The van der Waals surface area contributed by atoms with Crippen molar-refractivity contribution in [3.8, 4) is 0 Å². The van der Waals surface area contributed by atoms with Crippen molar-refractivity contribution >= 4 is 5.78 Å². The molecule has 3 rings (SSSR count). The maximum absolute atomic E-state index is 13.0. The third-order valence-electron chi connectivity index (χ3n) is 5.33. The van der Waals surface area contributed by atoms with Gasteiger partial charge < -0.3 is 4.90 Å². The molecule has 2 aromatic carbocycles. The summed E-state index contributed by atoms with van der Waals surface area (Å²) in [5.74, 6) is 0.483. The third-order valence-corrected chi connectivity index (χ3v) is 5.33. The molecule has 25 heavy (non-hydrogen) atoms. The Hall–Kier alpha value is -2.00. The van der Waals surface area contributed by atoms with Crippen LogP contribution in [-0.2, 0) is 0 Å². The monoisotopic (exact) mass is 339 g/mol. The summed E-state index contributed by atoms with van der Waals surface area (Å²) in [6.07, 6.45) is 2.90. The van der Waals surface area contributed by atoms with Gasteiger partial charge in [0.05, 0.1) is 0 Å². The fourth-order valence-electron chi connectivity index (χ4n) is 3.73. The lowest BCUT2D eigenvalue weighted by molar-refractivity contribution is 0.0834. The highest BCUT2D eigenvalue weighted by Crippen LogP contribution is 2.26. The summed E-state index contributed by atoms with van der Waals surface area (Å²) in [6.45, 7) is 5.21. The first-order valence-corrected chi connectivity index (χ1v) is 9.24. The Kier molecular flexibility index (Phi) is 5.98. The highest BCUT2D eigenvalue weighted by molar-refractivity contribution is 5.97. The number of nitrogens with zero attached hydrogens (tertiary/aromatic N) is 1. The zero-order valence-electron chi connectivity index (χ0n) is 14.8. The van der Waals surface area contributed by atoms with Crippen LogP contribution in [0, 0.1) is 11.7 Å². The summed E-state index contributed by atoms with van der Waals surface area (Å²) >= 11 is 0. The number of hydrogen-bond acceptors (Lipinski definition) is 2. The number of carbonyl (C=O) groups excluding carboxylic acids is 1. The maximum atomic E-state index is 13.0. The van der Waals surface area contributed by atoms with E-state index in [-0.39, 0.29) is 17.5 Å². The van der Waals surface area contributed by atoms with Crippen LogP contribution in [-0.4, -0.2) is 30.3 Å². The van der Waals surface area contributed by atoms with Gasteiger partial charge in [-0.1, -0.05) is 37.3 Å². The lowest BCUT2D eigenvalue weighted by atomic mass is 9.88. The second-order valence-electron chi connectivity index (χ2n) is 6.96. The summed E-state index contributed by atoms with van der Waals surface area (Å²) in [6, 6.07) is 16.6. The van der Waals surface area contributed by atoms with Gasteiger partial charge in [0.25, 0.3) is 0 Å². The molecule has 3 heteroatoms. The van der Waals surface area contributed by atoms with Gasteiger partial charge in [-0.25, -0.2) is 4.39 Å². The van der Waals surface area contributed by atoms with E-state index in [1.54, 1.807) is 12.1 Å². The standard InChI is InChI=1S/C22H26FNO/c1-2-17(18-6-4-3-5-7-18)16-24-14-12-20(13-15-24)22(25)19-8-10-21(23)11-9-19/h3-11,17,20H,2,12-16H2,1H3. The van der Waals surface area contributed by atoms with Gasteiger partial charge in [-0.05, 0) is 68.1 Å². The molecule has 0 aliphatic carbocycles. The SMILES string of the molecule is CCC(CN1CCC(C(=O)c2ccc(F)cc2)CC1)c1ccccc1. The van der Waals surface area contributed by atoms with Crippen molar-refractivity contribution in [1.29, 1.82) is 0 Å². The molecule has 1 saturated heterocycles. The fraction of sp³-hybridized carbons (Fsp3) is 0.409. The minimum absolute atomic E-state index is 0.0681. The second-order valence-corrected chi connectivity index (χ2v) is 6.96. The van der Waals surface area contributed by atoms with Crippen LogP contribution in [0.1, 0.15) is 48.0 Å². The molecule has 1 heterocycles. The fourth-order valence-corrected chi connectivity index (χ4v) is 3.73. The molecule has 0 bridgehead atoms. The number of benzene rings is 2. The van der Waals surface area contributed by atoms with Gasteiger partial charge in [-0.15, -0.1) is 0 Å². The largest absolute Gasteiger partial charge is 0.303 e. The summed E-state index contributed by atoms with van der Waals surface area (Å²) in [4.78, 5) is 15.1. The number of likely N-dealkylation sites (tertiary alicyclic amines) is 1. The van der Waals surface area contributed by atoms with Crippen LogP contribution in [0.4, 0.5) is 4.39 Å². The number of rotatable bonds is 6. The molecule has 0 radical (unpaired) electrons. The highest BCUT2D eigenvalue weighted by atomic mass is 19.1. The van der Waals surface area contributed by atoms with Gasteiger partial charge in [0, 0.05) is 18.0 Å². The van der Waals surface area contributed by atoms with Crippen LogP contribution < -0.4 is 0 Å². The Morgan fingerprint density at radius 1 is 1.08 bits per heavy atom. The molecule has 1 atom stereocenters. The predicted molar refractivity (Wildman–Crippen MR) is 99.4 cm³/mol. The van der Waals surface area contributed by atoms with Gasteiger partial charge >= 0.3 is 0 Å². The highest BCUT2D eigenvalue weighted by Gasteiger charge is 2.27. The Morgan fingerprint density at radius 2 is 1.72 bits per heavy atom. The minimum atomic E-state index is -0.294. The zero-order valence-corrected chi connectivity index (χ0v) is 14.8. The Bertz CT molecular complexity index is 675. The molecule has 1 fully saturated rings. The molecule has 132 valence electrons.